The molecule has 0 aliphatic carbocycles. The molecular formula is C25H50O3. The highest BCUT2D eigenvalue weighted by Crippen LogP contribution is 2.22. The van der Waals surface area contributed by atoms with E-state index >= 15 is 0 Å². The zero-order valence-corrected chi connectivity index (χ0v) is 20.1. The predicted octanol–water partition coefficient (Wildman–Crippen LogP) is 7.28. The fourth-order valence-electron chi connectivity index (χ4n) is 3.76. The normalized spacial score (nSPS) is 16.0. The molecule has 0 aromatic rings. The molecule has 0 radical (unpaired) electrons. The Morgan fingerprint density at radius 1 is 0.679 bits per heavy atom. The average molecular weight is 399 g/mol. The van der Waals surface area contributed by atoms with Crippen molar-refractivity contribution in [3.05, 3.63) is 0 Å². The summed E-state index contributed by atoms with van der Waals surface area (Å²) in [5.74, 6) is 2.89. The lowest BCUT2D eigenvalue weighted by atomic mass is 9.91. The quantitative estimate of drug-likeness (QED) is 0.228. The van der Waals surface area contributed by atoms with Crippen LogP contribution < -0.4 is 0 Å². The molecule has 0 amide bonds. The Morgan fingerprint density at radius 3 is 1.54 bits per heavy atom. The Kier molecular flexibility index (Phi) is 16.9. The molecule has 0 fully saturated rings. The monoisotopic (exact) mass is 398 g/mol. The molecule has 28 heavy (non-hydrogen) atoms. The summed E-state index contributed by atoms with van der Waals surface area (Å²) in [6.07, 6.45) is 13.2. The van der Waals surface area contributed by atoms with E-state index in [0.29, 0.717) is 19.1 Å². The van der Waals surface area contributed by atoms with Crippen LogP contribution in [0.3, 0.4) is 0 Å². The first-order valence-corrected chi connectivity index (χ1v) is 11.9. The molecule has 0 aliphatic rings. The first-order chi connectivity index (χ1) is 13.3. The smallest absolute Gasteiger partial charge is 0.310 e. The van der Waals surface area contributed by atoms with Crippen LogP contribution >= 0.6 is 0 Å². The van der Waals surface area contributed by atoms with Crippen molar-refractivity contribution in [3.63, 3.8) is 0 Å². The molecule has 3 heteroatoms. The summed E-state index contributed by atoms with van der Waals surface area (Å²) in [5.41, 5.74) is 0. The van der Waals surface area contributed by atoms with Crippen molar-refractivity contribution in [2.24, 2.45) is 29.6 Å². The van der Waals surface area contributed by atoms with E-state index in [1.807, 2.05) is 6.92 Å². The molecule has 0 saturated carbocycles. The predicted molar refractivity (Wildman–Crippen MR) is 120 cm³/mol. The molecule has 0 bridgehead atoms. The van der Waals surface area contributed by atoms with Crippen LogP contribution in [0.4, 0.5) is 0 Å². The summed E-state index contributed by atoms with van der Waals surface area (Å²) in [6.45, 7) is 14.6. The minimum absolute atomic E-state index is 0.138. The molecule has 0 heterocycles. The van der Waals surface area contributed by atoms with Gasteiger partial charge in [-0.05, 0) is 37.0 Å². The van der Waals surface area contributed by atoms with Gasteiger partial charge in [-0.2, -0.15) is 0 Å². The summed E-state index contributed by atoms with van der Waals surface area (Å²) >= 11 is 0. The molecule has 3 nitrogen and oxygen atoms in total. The maximum absolute atomic E-state index is 11.8. The van der Waals surface area contributed by atoms with Crippen LogP contribution in [0.5, 0.6) is 0 Å². The SMILES string of the molecule is COCC(C)C(=O)OCCC(C)CCCC(C)CCCC(C)CCCC(C)C. The minimum atomic E-state index is -0.168. The van der Waals surface area contributed by atoms with Gasteiger partial charge in [-0.25, -0.2) is 0 Å². The molecule has 0 rings (SSSR count). The first-order valence-electron chi connectivity index (χ1n) is 11.9. The van der Waals surface area contributed by atoms with Crippen LogP contribution in [0.2, 0.25) is 0 Å². The second-order valence-corrected chi connectivity index (χ2v) is 9.81. The van der Waals surface area contributed by atoms with Gasteiger partial charge in [0, 0.05) is 7.11 Å². The van der Waals surface area contributed by atoms with Gasteiger partial charge in [0.1, 0.15) is 0 Å². The van der Waals surface area contributed by atoms with Crippen molar-refractivity contribution in [2.45, 2.75) is 106 Å². The molecule has 0 N–H and O–H groups in total. The van der Waals surface area contributed by atoms with Crippen molar-refractivity contribution in [1.82, 2.24) is 0 Å². The van der Waals surface area contributed by atoms with Crippen LogP contribution in [0.1, 0.15) is 106 Å². The lowest BCUT2D eigenvalue weighted by Gasteiger charge is -2.16. The number of hydrogen-bond donors (Lipinski definition) is 0. The third-order valence-corrected chi connectivity index (χ3v) is 5.94. The second-order valence-electron chi connectivity index (χ2n) is 9.81. The lowest BCUT2D eigenvalue weighted by Crippen LogP contribution is -2.20. The topological polar surface area (TPSA) is 35.5 Å². The van der Waals surface area contributed by atoms with E-state index < -0.39 is 0 Å². The van der Waals surface area contributed by atoms with Gasteiger partial charge in [0.25, 0.3) is 0 Å². The Morgan fingerprint density at radius 2 is 1.11 bits per heavy atom. The van der Waals surface area contributed by atoms with Gasteiger partial charge < -0.3 is 9.47 Å². The fourth-order valence-corrected chi connectivity index (χ4v) is 3.76. The molecule has 0 aromatic heterocycles. The summed E-state index contributed by atoms with van der Waals surface area (Å²) in [6, 6.07) is 0. The average Bonchev–Trinajstić information content (AvgIpc) is 2.61. The molecule has 4 unspecified atom stereocenters. The molecule has 168 valence electrons. The second kappa shape index (κ2) is 17.3. The van der Waals surface area contributed by atoms with Crippen molar-refractivity contribution in [3.8, 4) is 0 Å². The number of hydrogen-bond acceptors (Lipinski definition) is 3. The number of esters is 1. The summed E-state index contributed by atoms with van der Waals surface area (Å²) < 4.78 is 10.3. The fraction of sp³-hybridized carbons (Fsp3) is 0.960. The van der Waals surface area contributed by atoms with Crippen molar-refractivity contribution < 1.29 is 14.3 Å². The van der Waals surface area contributed by atoms with E-state index in [1.54, 1.807) is 7.11 Å². The molecular weight excluding hydrogens is 348 g/mol. The number of methoxy groups -OCH3 is 1. The largest absolute Gasteiger partial charge is 0.465 e. The van der Waals surface area contributed by atoms with Gasteiger partial charge in [0.05, 0.1) is 19.1 Å². The van der Waals surface area contributed by atoms with Gasteiger partial charge in [-0.1, -0.05) is 92.4 Å². The number of carbonyl (C=O) groups is 1. The summed E-state index contributed by atoms with van der Waals surface area (Å²) in [7, 11) is 1.61. The van der Waals surface area contributed by atoms with E-state index in [1.165, 1.54) is 57.8 Å². The maximum atomic E-state index is 11.8. The number of rotatable bonds is 18. The highest BCUT2D eigenvalue weighted by molar-refractivity contribution is 5.72. The lowest BCUT2D eigenvalue weighted by molar-refractivity contribution is -0.149. The Hall–Kier alpha value is -0.570. The molecule has 0 aliphatic heterocycles. The first kappa shape index (κ1) is 27.4. The number of ether oxygens (including phenoxy) is 2. The van der Waals surface area contributed by atoms with Crippen LogP contribution in [-0.4, -0.2) is 26.3 Å². The van der Waals surface area contributed by atoms with Gasteiger partial charge >= 0.3 is 5.97 Å². The van der Waals surface area contributed by atoms with Crippen molar-refractivity contribution in [1.29, 1.82) is 0 Å². The van der Waals surface area contributed by atoms with Crippen LogP contribution in [-0.2, 0) is 14.3 Å². The summed E-state index contributed by atoms with van der Waals surface area (Å²) in [4.78, 5) is 11.8. The highest BCUT2D eigenvalue weighted by atomic mass is 16.5. The van der Waals surface area contributed by atoms with E-state index in [9.17, 15) is 4.79 Å². The van der Waals surface area contributed by atoms with Gasteiger partial charge in [0.2, 0.25) is 0 Å². The molecule has 0 aromatic carbocycles. The van der Waals surface area contributed by atoms with Gasteiger partial charge in [-0.15, -0.1) is 0 Å². The Labute approximate surface area is 176 Å². The molecule has 4 atom stereocenters. The minimum Gasteiger partial charge on any atom is -0.465 e. The zero-order valence-electron chi connectivity index (χ0n) is 20.1. The van der Waals surface area contributed by atoms with Gasteiger partial charge in [-0.3, -0.25) is 4.79 Å². The van der Waals surface area contributed by atoms with Crippen LogP contribution in [0.15, 0.2) is 0 Å². The Balaban J connectivity index is 3.63. The summed E-state index contributed by atoms with van der Waals surface area (Å²) in [5, 5.41) is 0. The number of carbonyl (C=O) groups excluding carboxylic acids is 1. The van der Waals surface area contributed by atoms with Crippen LogP contribution in [0, 0.1) is 29.6 Å². The molecule has 0 spiro atoms. The Bertz CT molecular complexity index is 367. The van der Waals surface area contributed by atoms with E-state index in [4.69, 9.17) is 9.47 Å². The third-order valence-electron chi connectivity index (χ3n) is 5.94. The standard InChI is InChI=1S/C25H50O3/c1-20(2)11-8-12-21(3)13-9-14-22(4)15-10-16-23(5)17-18-28-25(26)24(6)19-27-7/h20-24H,8-19H2,1-7H3. The van der Waals surface area contributed by atoms with E-state index in [2.05, 4.69) is 34.6 Å². The third kappa shape index (κ3) is 16.4. The molecule has 0 saturated heterocycles. The zero-order chi connectivity index (χ0) is 21.4. The highest BCUT2D eigenvalue weighted by Gasteiger charge is 2.14. The van der Waals surface area contributed by atoms with Gasteiger partial charge in [0.15, 0.2) is 0 Å². The van der Waals surface area contributed by atoms with Crippen molar-refractivity contribution in [2.75, 3.05) is 20.3 Å². The maximum Gasteiger partial charge on any atom is 0.310 e. The van der Waals surface area contributed by atoms with E-state index in [-0.39, 0.29) is 11.9 Å². The van der Waals surface area contributed by atoms with E-state index in [0.717, 1.165) is 24.2 Å². The van der Waals surface area contributed by atoms with Crippen LogP contribution in [0.25, 0.3) is 0 Å². The van der Waals surface area contributed by atoms with Crippen molar-refractivity contribution >= 4 is 5.97 Å².